The second-order valence-corrected chi connectivity index (χ2v) is 5.96. The van der Waals surface area contributed by atoms with Crippen molar-refractivity contribution in [1.29, 1.82) is 0 Å². The van der Waals surface area contributed by atoms with E-state index in [1.807, 2.05) is 6.07 Å². The van der Waals surface area contributed by atoms with Gasteiger partial charge in [-0.2, -0.15) is 0 Å². The fourth-order valence-electron chi connectivity index (χ4n) is 2.87. The van der Waals surface area contributed by atoms with E-state index in [4.69, 9.17) is 0 Å². The van der Waals surface area contributed by atoms with Crippen molar-refractivity contribution in [3.63, 3.8) is 0 Å². The number of benzene rings is 1. The first-order valence-corrected chi connectivity index (χ1v) is 8.12. The van der Waals surface area contributed by atoms with Crippen LogP contribution in [0.25, 0.3) is 0 Å². The van der Waals surface area contributed by atoms with Gasteiger partial charge in [-0.15, -0.1) is 6.58 Å². The van der Waals surface area contributed by atoms with E-state index in [-0.39, 0.29) is 12.5 Å². The molecular formula is C18H25N3O2. The highest BCUT2D eigenvalue weighted by Gasteiger charge is 2.21. The van der Waals surface area contributed by atoms with Crippen LogP contribution in [0.15, 0.2) is 43.0 Å². The van der Waals surface area contributed by atoms with Gasteiger partial charge < -0.3 is 5.32 Å². The summed E-state index contributed by atoms with van der Waals surface area (Å²) in [6.07, 6.45) is 4.85. The molecule has 0 radical (unpaired) electrons. The normalized spacial score (nSPS) is 15.8. The average molecular weight is 315 g/mol. The number of likely N-dealkylation sites (tertiary alicyclic amines) is 1. The molecule has 1 aromatic carbocycles. The largest absolute Gasteiger partial charge is 0.334 e. The van der Waals surface area contributed by atoms with Crippen molar-refractivity contribution < 1.29 is 9.59 Å². The molecule has 0 saturated carbocycles. The van der Waals surface area contributed by atoms with Gasteiger partial charge in [-0.3, -0.25) is 15.0 Å². The zero-order valence-electron chi connectivity index (χ0n) is 13.5. The van der Waals surface area contributed by atoms with E-state index < -0.39 is 6.03 Å². The summed E-state index contributed by atoms with van der Waals surface area (Å²) in [5.41, 5.74) is 1.38. The Kier molecular flexibility index (Phi) is 6.81. The van der Waals surface area contributed by atoms with Crippen LogP contribution in [0.3, 0.4) is 0 Å². The lowest BCUT2D eigenvalue weighted by molar-refractivity contribution is -0.121. The first-order chi connectivity index (χ1) is 11.2. The number of amides is 3. The smallest absolute Gasteiger partial charge is 0.321 e. The highest BCUT2D eigenvalue weighted by Crippen LogP contribution is 2.21. The van der Waals surface area contributed by atoms with Crippen molar-refractivity contribution >= 4 is 11.9 Å². The Morgan fingerprint density at radius 2 is 1.91 bits per heavy atom. The number of carbonyl (C=O) groups excluding carboxylic acids is 2. The molecule has 1 aromatic rings. The molecule has 1 fully saturated rings. The summed E-state index contributed by atoms with van der Waals surface area (Å²) in [6.45, 7) is 5.94. The molecule has 2 rings (SSSR count). The summed E-state index contributed by atoms with van der Waals surface area (Å²) in [5, 5.41) is 4.86. The van der Waals surface area contributed by atoms with Gasteiger partial charge in [0.15, 0.2) is 0 Å². The second-order valence-electron chi connectivity index (χ2n) is 5.96. The van der Waals surface area contributed by atoms with Crippen LogP contribution in [0.2, 0.25) is 0 Å². The number of nitrogens with zero attached hydrogens (tertiary/aromatic N) is 1. The van der Waals surface area contributed by atoms with Crippen molar-refractivity contribution in [2.75, 3.05) is 26.2 Å². The fourth-order valence-corrected chi connectivity index (χ4v) is 2.87. The van der Waals surface area contributed by atoms with E-state index in [0.29, 0.717) is 12.5 Å². The molecule has 23 heavy (non-hydrogen) atoms. The number of hydrogen-bond donors (Lipinski definition) is 2. The monoisotopic (exact) mass is 315 g/mol. The Labute approximate surface area is 137 Å². The van der Waals surface area contributed by atoms with Crippen LogP contribution in [-0.2, 0) is 11.2 Å². The SMILES string of the molecule is C=CCNC(=O)NC(=O)CN1CCC(Cc2ccccc2)CC1. The van der Waals surface area contributed by atoms with Crippen molar-refractivity contribution in [3.8, 4) is 0 Å². The topological polar surface area (TPSA) is 61.4 Å². The molecule has 3 amide bonds. The van der Waals surface area contributed by atoms with Crippen LogP contribution in [0.1, 0.15) is 18.4 Å². The summed E-state index contributed by atoms with van der Waals surface area (Å²) in [6, 6.07) is 10.1. The van der Waals surface area contributed by atoms with Crippen molar-refractivity contribution in [2.45, 2.75) is 19.3 Å². The predicted molar refractivity (Wildman–Crippen MR) is 91.0 cm³/mol. The molecule has 124 valence electrons. The molecule has 0 spiro atoms. The molecule has 0 atom stereocenters. The molecule has 0 aliphatic carbocycles. The van der Waals surface area contributed by atoms with Crippen LogP contribution < -0.4 is 10.6 Å². The maximum Gasteiger partial charge on any atom is 0.321 e. The van der Waals surface area contributed by atoms with Gasteiger partial charge in [0.25, 0.3) is 0 Å². The van der Waals surface area contributed by atoms with E-state index in [1.165, 1.54) is 5.56 Å². The minimum atomic E-state index is -0.464. The quantitative estimate of drug-likeness (QED) is 0.789. The number of nitrogens with one attached hydrogen (secondary N) is 2. The summed E-state index contributed by atoms with van der Waals surface area (Å²) in [7, 11) is 0. The molecule has 5 nitrogen and oxygen atoms in total. The van der Waals surface area contributed by atoms with E-state index in [1.54, 1.807) is 6.08 Å². The molecule has 1 aliphatic heterocycles. The van der Waals surface area contributed by atoms with Crippen LogP contribution in [0.4, 0.5) is 4.79 Å². The molecule has 5 heteroatoms. The van der Waals surface area contributed by atoms with Gasteiger partial charge in [0.05, 0.1) is 6.54 Å². The summed E-state index contributed by atoms with van der Waals surface area (Å²) < 4.78 is 0. The first-order valence-electron chi connectivity index (χ1n) is 8.12. The predicted octanol–water partition coefficient (Wildman–Crippen LogP) is 1.95. The Balaban J connectivity index is 1.67. The molecule has 0 aromatic heterocycles. The Morgan fingerprint density at radius 1 is 1.22 bits per heavy atom. The van der Waals surface area contributed by atoms with E-state index in [2.05, 4.69) is 46.4 Å². The number of rotatable bonds is 6. The zero-order valence-corrected chi connectivity index (χ0v) is 13.5. The highest BCUT2D eigenvalue weighted by atomic mass is 16.2. The second kappa shape index (κ2) is 9.10. The first kappa shape index (κ1) is 17.2. The highest BCUT2D eigenvalue weighted by molar-refractivity contribution is 5.95. The third-order valence-corrected chi connectivity index (χ3v) is 4.10. The summed E-state index contributed by atoms with van der Waals surface area (Å²) in [5.74, 6) is 0.417. The van der Waals surface area contributed by atoms with E-state index >= 15 is 0 Å². The van der Waals surface area contributed by atoms with Crippen LogP contribution >= 0.6 is 0 Å². The third kappa shape index (κ3) is 6.24. The molecule has 1 saturated heterocycles. The maximum atomic E-state index is 11.8. The number of piperidine rings is 1. The van der Waals surface area contributed by atoms with Gasteiger partial charge in [-0.05, 0) is 43.8 Å². The Hall–Kier alpha value is -2.14. The average Bonchev–Trinajstić information content (AvgIpc) is 2.55. The van der Waals surface area contributed by atoms with E-state index in [0.717, 1.165) is 32.4 Å². The van der Waals surface area contributed by atoms with Gasteiger partial charge in [0, 0.05) is 6.54 Å². The van der Waals surface area contributed by atoms with Crippen molar-refractivity contribution in [1.82, 2.24) is 15.5 Å². The Bertz CT molecular complexity index is 522. The molecule has 0 unspecified atom stereocenters. The van der Waals surface area contributed by atoms with Crippen LogP contribution in [0.5, 0.6) is 0 Å². The number of imide groups is 1. The molecule has 1 heterocycles. The molecule has 2 N–H and O–H groups in total. The standard InChI is InChI=1S/C18H25N3O2/c1-2-10-19-18(23)20-17(22)14-21-11-8-16(9-12-21)13-15-6-4-3-5-7-15/h2-7,16H,1,8-14H2,(H2,19,20,22,23). The lowest BCUT2D eigenvalue weighted by Crippen LogP contribution is -2.46. The number of hydrogen-bond acceptors (Lipinski definition) is 3. The van der Waals surface area contributed by atoms with Crippen LogP contribution in [-0.4, -0.2) is 43.0 Å². The third-order valence-electron chi connectivity index (χ3n) is 4.10. The van der Waals surface area contributed by atoms with E-state index in [9.17, 15) is 9.59 Å². The maximum absolute atomic E-state index is 11.8. The van der Waals surface area contributed by atoms with Crippen molar-refractivity contribution in [2.24, 2.45) is 5.92 Å². The minimum Gasteiger partial charge on any atom is -0.334 e. The molecule has 0 bridgehead atoms. The minimum absolute atomic E-state index is 0.256. The Morgan fingerprint density at radius 3 is 2.57 bits per heavy atom. The van der Waals surface area contributed by atoms with Gasteiger partial charge >= 0.3 is 6.03 Å². The van der Waals surface area contributed by atoms with Gasteiger partial charge in [-0.1, -0.05) is 36.4 Å². The van der Waals surface area contributed by atoms with Crippen LogP contribution in [0, 0.1) is 5.92 Å². The summed E-state index contributed by atoms with van der Waals surface area (Å²) >= 11 is 0. The zero-order chi connectivity index (χ0) is 16.5. The fraction of sp³-hybridized carbons (Fsp3) is 0.444. The number of urea groups is 1. The lowest BCUT2D eigenvalue weighted by Gasteiger charge is -2.31. The summed E-state index contributed by atoms with van der Waals surface area (Å²) in [4.78, 5) is 25.3. The van der Waals surface area contributed by atoms with Gasteiger partial charge in [0.2, 0.25) is 5.91 Å². The number of carbonyl (C=O) groups is 2. The molecular weight excluding hydrogens is 290 g/mol. The van der Waals surface area contributed by atoms with Gasteiger partial charge in [0.1, 0.15) is 0 Å². The molecule has 1 aliphatic rings. The van der Waals surface area contributed by atoms with Gasteiger partial charge in [-0.25, -0.2) is 4.79 Å². The lowest BCUT2D eigenvalue weighted by atomic mass is 9.90. The van der Waals surface area contributed by atoms with Crippen molar-refractivity contribution in [3.05, 3.63) is 48.6 Å².